The molecule has 0 radical (unpaired) electrons. The summed E-state index contributed by atoms with van der Waals surface area (Å²) >= 11 is 7.67. The van der Waals surface area contributed by atoms with Crippen molar-refractivity contribution in [1.29, 1.82) is 0 Å². The Balaban J connectivity index is 2.28. The molecule has 0 N–H and O–H groups in total. The van der Waals surface area contributed by atoms with E-state index in [9.17, 15) is 0 Å². The molecule has 1 aromatic heterocycles. The van der Waals surface area contributed by atoms with Gasteiger partial charge in [-0.2, -0.15) is 0 Å². The van der Waals surface area contributed by atoms with Crippen molar-refractivity contribution >= 4 is 22.9 Å². The minimum Gasteiger partial charge on any atom is -0.149 e. The Labute approximate surface area is 99.5 Å². The summed E-state index contributed by atoms with van der Waals surface area (Å²) in [6.07, 6.45) is 0. The summed E-state index contributed by atoms with van der Waals surface area (Å²) < 4.78 is 0. The summed E-state index contributed by atoms with van der Waals surface area (Å²) in [5.74, 6) is 0.451. The number of halogens is 1. The van der Waals surface area contributed by atoms with Crippen LogP contribution in [-0.4, -0.2) is 0 Å². The predicted molar refractivity (Wildman–Crippen MR) is 68.0 cm³/mol. The third-order valence-corrected chi connectivity index (χ3v) is 3.75. The molecule has 1 heterocycles. The predicted octanol–water partition coefficient (Wildman–Crippen LogP) is 4.86. The lowest BCUT2D eigenvalue weighted by molar-refractivity contribution is 0.928. The molecule has 0 amide bonds. The molecule has 0 saturated carbocycles. The monoisotopic (exact) mass is 236 g/mol. The lowest BCUT2D eigenvalue weighted by Crippen LogP contribution is -1.93. The van der Waals surface area contributed by atoms with E-state index < -0.39 is 0 Å². The van der Waals surface area contributed by atoms with Crippen molar-refractivity contribution < 1.29 is 0 Å². The highest BCUT2D eigenvalue weighted by atomic mass is 35.5. The summed E-state index contributed by atoms with van der Waals surface area (Å²) in [5.41, 5.74) is 2.71. The van der Waals surface area contributed by atoms with Gasteiger partial charge in [-0.1, -0.05) is 30.7 Å². The molecule has 2 rings (SSSR count). The maximum absolute atomic E-state index is 5.87. The molecule has 15 heavy (non-hydrogen) atoms. The molecule has 0 nitrogen and oxygen atoms in total. The molecule has 0 spiro atoms. The Morgan fingerprint density at radius 2 is 1.80 bits per heavy atom. The van der Waals surface area contributed by atoms with E-state index in [0.29, 0.717) is 5.92 Å². The Morgan fingerprint density at radius 3 is 2.33 bits per heavy atom. The van der Waals surface area contributed by atoms with Crippen molar-refractivity contribution in [3.05, 3.63) is 56.7 Å². The van der Waals surface area contributed by atoms with Crippen LogP contribution < -0.4 is 0 Å². The largest absolute Gasteiger partial charge is 0.149 e. The van der Waals surface area contributed by atoms with Crippen LogP contribution in [0.1, 0.15) is 28.8 Å². The molecular formula is C13H13ClS. The topological polar surface area (TPSA) is 0 Å². The molecule has 0 fully saturated rings. The Hall–Kier alpha value is -0.790. The second-order valence-electron chi connectivity index (χ2n) is 3.76. The van der Waals surface area contributed by atoms with Gasteiger partial charge >= 0.3 is 0 Å². The van der Waals surface area contributed by atoms with Crippen LogP contribution in [0, 0.1) is 6.92 Å². The van der Waals surface area contributed by atoms with Gasteiger partial charge in [-0.3, -0.25) is 0 Å². The van der Waals surface area contributed by atoms with Gasteiger partial charge in [0.2, 0.25) is 0 Å². The van der Waals surface area contributed by atoms with E-state index in [1.54, 1.807) is 11.3 Å². The highest BCUT2D eigenvalue weighted by Crippen LogP contribution is 2.28. The highest BCUT2D eigenvalue weighted by molar-refractivity contribution is 7.10. The average Bonchev–Trinajstić information content (AvgIpc) is 2.65. The fourth-order valence-corrected chi connectivity index (χ4v) is 2.56. The van der Waals surface area contributed by atoms with Gasteiger partial charge in [0.15, 0.2) is 0 Å². The zero-order valence-corrected chi connectivity index (χ0v) is 10.4. The number of hydrogen-bond acceptors (Lipinski definition) is 1. The first kappa shape index (κ1) is 10.7. The van der Waals surface area contributed by atoms with Crippen molar-refractivity contribution in [1.82, 2.24) is 0 Å². The Morgan fingerprint density at radius 1 is 1.13 bits per heavy atom. The molecule has 1 atom stereocenters. The van der Waals surface area contributed by atoms with Gasteiger partial charge in [0.1, 0.15) is 0 Å². The maximum Gasteiger partial charge on any atom is 0.0406 e. The number of thiophene rings is 1. The van der Waals surface area contributed by atoms with Gasteiger partial charge in [-0.15, -0.1) is 11.3 Å². The molecular weight excluding hydrogens is 224 g/mol. The quantitative estimate of drug-likeness (QED) is 0.699. The van der Waals surface area contributed by atoms with Crippen LogP contribution >= 0.6 is 22.9 Å². The molecule has 1 aromatic carbocycles. The molecule has 2 aromatic rings. The summed E-state index contributed by atoms with van der Waals surface area (Å²) in [4.78, 5) is 1.37. The number of aryl methyl sites for hydroxylation is 1. The lowest BCUT2D eigenvalue weighted by atomic mass is 9.95. The smallest absolute Gasteiger partial charge is 0.0406 e. The van der Waals surface area contributed by atoms with Crippen LogP contribution in [0.4, 0.5) is 0 Å². The zero-order chi connectivity index (χ0) is 10.8. The summed E-state index contributed by atoms with van der Waals surface area (Å²) in [6, 6.07) is 10.4. The van der Waals surface area contributed by atoms with Crippen LogP contribution in [0.2, 0.25) is 5.02 Å². The van der Waals surface area contributed by atoms with Gasteiger partial charge in [0.25, 0.3) is 0 Å². The number of hydrogen-bond donors (Lipinski definition) is 0. The van der Waals surface area contributed by atoms with Crippen molar-refractivity contribution in [2.75, 3.05) is 0 Å². The molecule has 2 heteroatoms. The van der Waals surface area contributed by atoms with E-state index in [4.69, 9.17) is 11.6 Å². The zero-order valence-electron chi connectivity index (χ0n) is 8.83. The van der Waals surface area contributed by atoms with Gasteiger partial charge in [-0.25, -0.2) is 0 Å². The summed E-state index contributed by atoms with van der Waals surface area (Å²) in [5, 5.41) is 3.03. The maximum atomic E-state index is 5.87. The van der Waals surface area contributed by atoms with Gasteiger partial charge < -0.3 is 0 Å². The number of benzene rings is 1. The SMILES string of the molecule is Cc1cc(C(C)c2ccc(Cl)cc2)cs1. The molecule has 1 unspecified atom stereocenters. The van der Waals surface area contributed by atoms with Crippen LogP contribution in [-0.2, 0) is 0 Å². The summed E-state index contributed by atoms with van der Waals surface area (Å²) in [6.45, 7) is 4.37. The lowest BCUT2D eigenvalue weighted by Gasteiger charge is -2.09. The van der Waals surface area contributed by atoms with E-state index in [2.05, 4.69) is 37.4 Å². The van der Waals surface area contributed by atoms with Crippen molar-refractivity contribution in [2.45, 2.75) is 19.8 Å². The summed E-state index contributed by atoms with van der Waals surface area (Å²) in [7, 11) is 0. The molecule has 0 bridgehead atoms. The van der Waals surface area contributed by atoms with Crippen LogP contribution in [0.5, 0.6) is 0 Å². The third-order valence-electron chi connectivity index (χ3n) is 2.62. The Kier molecular flexibility index (Phi) is 3.13. The van der Waals surface area contributed by atoms with Crippen molar-refractivity contribution in [3.63, 3.8) is 0 Å². The molecule has 0 aliphatic rings. The van der Waals surface area contributed by atoms with Crippen LogP contribution in [0.15, 0.2) is 35.7 Å². The molecule has 0 aliphatic carbocycles. The van der Waals surface area contributed by atoms with E-state index >= 15 is 0 Å². The standard InChI is InChI=1S/C13H13ClS/c1-9-7-12(8-15-9)10(2)11-3-5-13(14)6-4-11/h3-8,10H,1-2H3. The molecule has 0 aliphatic heterocycles. The van der Waals surface area contributed by atoms with Crippen LogP contribution in [0.3, 0.4) is 0 Å². The van der Waals surface area contributed by atoms with Gasteiger partial charge in [0.05, 0.1) is 0 Å². The van der Waals surface area contributed by atoms with E-state index in [-0.39, 0.29) is 0 Å². The first-order chi connectivity index (χ1) is 7.16. The van der Waals surface area contributed by atoms with Crippen molar-refractivity contribution in [3.8, 4) is 0 Å². The average molecular weight is 237 g/mol. The fraction of sp³-hybridized carbons (Fsp3) is 0.231. The van der Waals surface area contributed by atoms with Gasteiger partial charge in [0, 0.05) is 15.8 Å². The molecule has 0 saturated heterocycles. The Bertz CT molecular complexity index is 442. The highest BCUT2D eigenvalue weighted by Gasteiger charge is 2.09. The molecule has 78 valence electrons. The third kappa shape index (κ3) is 2.42. The first-order valence-corrected chi connectivity index (χ1v) is 6.23. The van der Waals surface area contributed by atoms with Crippen LogP contribution in [0.25, 0.3) is 0 Å². The minimum atomic E-state index is 0.451. The van der Waals surface area contributed by atoms with E-state index in [0.717, 1.165) is 5.02 Å². The van der Waals surface area contributed by atoms with Gasteiger partial charge in [-0.05, 0) is 41.6 Å². The van der Waals surface area contributed by atoms with Crippen molar-refractivity contribution in [2.24, 2.45) is 0 Å². The normalized spacial score (nSPS) is 12.7. The fourth-order valence-electron chi connectivity index (χ4n) is 1.63. The minimum absolute atomic E-state index is 0.451. The van der Waals surface area contributed by atoms with E-state index in [1.807, 2.05) is 12.1 Å². The second kappa shape index (κ2) is 4.38. The van der Waals surface area contributed by atoms with E-state index in [1.165, 1.54) is 16.0 Å². The first-order valence-electron chi connectivity index (χ1n) is 4.97. The second-order valence-corrected chi connectivity index (χ2v) is 5.32. The number of rotatable bonds is 2.